The summed E-state index contributed by atoms with van der Waals surface area (Å²) in [6, 6.07) is 7.94. The second-order valence-electron chi connectivity index (χ2n) is 4.68. The molecule has 1 atom stereocenters. The van der Waals surface area contributed by atoms with Crippen LogP contribution in [-0.4, -0.2) is 23.2 Å². The quantitative estimate of drug-likeness (QED) is 0.786. The molecule has 0 aromatic heterocycles. The number of carbonyl (C=O) groups is 1. The van der Waals surface area contributed by atoms with E-state index in [1.54, 1.807) is 11.8 Å². The first-order valence-corrected chi connectivity index (χ1v) is 7.41. The number of hydrogen-bond acceptors (Lipinski definition) is 3. The minimum absolute atomic E-state index is 0. The van der Waals surface area contributed by atoms with Gasteiger partial charge >= 0.3 is 0 Å². The number of carbonyl (C=O) groups excluding carboxylic acids is 1. The maximum Gasteiger partial charge on any atom is 0.236 e. The van der Waals surface area contributed by atoms with Crippen LogP contribution in [0.3, 0.4) is 0 Å². The maximum absolute atomic E-state index is 12.1. The molecule has 1 aromatic rings. The lowest BCUT2D eigenvalue weighted by Gasteiger charge is -2.25. The first-order chi connectivity index (χ1) is 8.35. The molecule has 0 unspecified atom stereocenters. The summed E-state index contributed by atoms with van der Waals surface area (Å²) in [5.74, 6) is 0.00775. The number of rotatable bonds is 5. The van der Waals surface area contributed by atoms with Gasteiger partial charge in [0.25, 0.3) is 0 Å². The number of nitrogens with one attached hydrogen (secondary N) is 1. The molecule has 0 fully saturated rings. The van der Waals surface area contributed by atoms with Crippen LogP contribution in [0.2, 0.25) is 0 Å². The molecule has 0 heterocycles. The lowest BCUT2D eigenvalue weighted by molar-refractivity contribution is -0.123. The van der Waals surface area contributed by atoms with Gasteiger partial charge in [0.2, 0.25) is 5.91 Å². The predicted octanol–water partition coefficient (Wildman–Crippen LogP) is 3.21. The SMILES string of the molecule is C[C@@H](CN)NC(=O)C(C)(C)Sc1ccc(Br)cc1.Cl. The van der Waals surface area contributed by atoms with Crippen molar-refractivity contribution in [2.45, 2.75) is 36.5 Å². The van der Waals surface area contributed by atoms with Gasteiger partial charge in [0.1, 0.15) is 0 Å². The molecular formula is C13H20BrClN2OS. The fraction of sp³-hybridized carbons (Fsp3) is 0.462. The molecule has 1 amide bonds. The minimum atomic E-state index is -0.517. The van der Waals surface area contributed by atoms with E-state index in [4.69, 9.17) is 5.73 Å². The molecule has 3 N–H and O–H groups in total. The number of nitrogens with two attached hydrogens (primary N) is 1. The summed E-state index contributed by atoms with van der Waals surface area (Å²) in [5.41, 5.74) is 5.51. The highest BCUT2D eigenvalue weighted by Gasteiger charge is 2.29. The number of halogens is 2. The third kappa shape index (κ3) is 6.17. The Morgan fingerprint density at radius 3 is 2.42 bits per heavy atom. The van der Waals surface area contributed by atoms with Gasteiger partial charge in [-0.25, -0.2) is 0 Å². The Morgan fingerprint density at radius 2 is 1.95 bits per heavy atom. The Hall–Kier alpha value is -0.230. The molecule has 6 heteroatoms. The van der Waals surface area contributed by atoms with Crippen molar-refractivity contribution < 1.29 is 4.79 Å². The molecule has 19 heavy (non-hydrogen) atoms. The van der Waals surface area contributed by atoms with E-state index in [9.17, 15) is 4.79 Å². The van der Waals surface area contributed by atoms with E-state index in [0.29, 0.717) is 6.54 Å². The normalized spacial score (nSPS) is 12.5. The highest BCUT2D eigenvalue weighted by Crippen LogP contribution is 2.33. The number of thioether (sulfide) groups is 1. The third-order valence-corrected chi connectivity index (χ3v) is 4.20. The van der Waals surface area contributed by atoms with Gasteiger partial charge in [-0.05, 0) is 45.0 Å². The van der Waals surface area contributed by atoms with E-state index in [-0.39, 0.29) is 24.4 Å². The van der Waals surface area contributed by atoms with Crippen LogP contribution in [-0.2, 0) is 4.79 Å². The van der Waals surface area contributed by atoms with Crippen LogP contribution in [0, 0.1) is 0 Å². The Bertz CT molecular complexity index is 412. The van der Waals surface area contributed by atoms with Crippen molar-refractivity contribution >= 4 is 46.0 Å². The summed E-state index contributed by atoms with van der Waals surface area (Å²) in [4.78, 5) is 13.2. The Labute approximate surface area is 133 Å². The summed E-state index contributed by atoms with van der Waals surface area (Å²) < 4.78 is 0.517. The molecule has 0 spiro atoms. The lowest BCUT2D eigenvalue weighted by Crippen LogP contribution is -2.46. The zero-order valence-corrected chi connectivity index (χ0v) is 14.5. The molecule has 0 saturated heterocycles. The van der Waals surface area contributed by atoms with E-state index in [1.165, 1.54) is 0 Å². The van der Waals surface area contributed by atoms with Gasteiger partial charge in [-0.3, -0.25) is 4.79 Å². The Morgan fingerprint density at radius 1 is 1.42 bits per heavy atom. The zero-order chi connectivity index (χ0) is 13.8. The highest BCUT2D eigenvalue weighted by molar-refractivity contribution is 9.10. The minimum Gasteiger partial charge on any atom is -0.351 e. The van der Waals surface area contributed by atoms with Gasteiger partial charge in [-0.1, -0.05) is 15.9 Å². The van der Waals surface area contributed by atoms with Gasteiger partial charge < -0.3 is 11.1 Å². The average Bonchev–Trinajstić information content (AvgIpc) is 2.31. The molecular weight excluding hydrogens is 348 g/mol. The van der Waals surface area contributed by atoms with Crippen LogP contribution in [0.5, 0.6) is 0 Å². The third-order valence-electron chi connectivity index (χ3n) is 2.46. The van der Waals surface area contributed by atoms with Crippen molar-refractivity contribution in [3.05, 3.63) is 28.7 Å². The summed E-state index contributed by atoms with van der Waals surface area (Å²) >= 11 is 4.94. The van der Waals surface area contributed by atoms with Gasteiger partial charge in [0.15, 0.2) is 0 Å². The van der Waals surface area contributed by atoms with Crippen molar-refractivity contribution in [3.63, 3.8) is 0 Å². The number of benzene rings is 1. The Balaban J connectivity index is 0.00000324. The van der Waals surface area contributed by atoms with E-state index in [1.807, 2.05) is 45.0 Å². The van der Waals surface area contributed by atoms with E-state index < -0.39 is 4.75 Å². The van der Waals surface area contributed by atoms with Gasteiger partial charge in [-0.2, -0.15) is 0 Å². The summed E-state index contributed by atoms with van der Waals surface area (Å²) in [6.45, 7) is 6.18. The maximum atomic E-state index is 12.1. The standard InChI is InChI=1S/C13H19BrN2OS.ClH/c1-9(8-15)16-12(17)13(2,3)18-11-6-4-10(14)5-7-11;/h4-7,9H,8,15H2,1-3H3,(H,16,17);1H/t9-;/m0./s1. The molecule has 0 saturated carbocycles. The van der Waals surface area contributed by atoms with Gasteiger partial charge in [0, 0.05) is 22.0 Å². The van der Waals surface area contributed by atoms with Crippen LogP contribution >= 0.6 is 40.1 Å². The average molecular weight is 368 g/mol. The smallest absolute Gasteiger partial charge is 0.236 e. The van der Waals surface area contributed by atoms with Gasteiger partial charge in [0.05, 0.1) is 4.75 Å². The van der Waals surface area contributed by atoms with Crippen LogP contribution in [0.4, 0.5) is 0 Å². The molecule has 0 aliphatic heterocycles. The second kappa shape index (κ2) is 8.15. The Kier molecular flexibility index (Phi) is 8.05. The van der Waals surface area contributed by atoms with Crippen LogP contribution in [0.25, 0.3) is 0 Å². The van der Waals surface area contributed by atoms with E-state index in [2.05, 4.69) is 21.2 Å². The topological polar surface area (TPSA) is 55.1 Å². The first kappa shape index (κ1) is 18.8. The molecule has 108 valence electrons. The summed E-state index contributed by atoms with van der Waals surface area (Å²) in [5, 5.41) is 2.91. The molecule has 3 nitrogen and oxygen atoms in total. The molecule has 1 rings (SSSR count). The molecule has 1 aromatic carbocycles. The summed E-state index contributed by atoms with van der Waals surface area (Å²) in [7, 11) is 0. The predicted molar refractivity (Wildman–Crippen MR) is 88.0 cm³/mol. The van der Waals surface area contributed by atoms with Crippen molar-refractivity contribution in [2.75, 3.05) is 6.54 Å². The van der Waals surface area contributed by atoms with Crippen molar-refractivity contribution in [3.8, 4) is 0 Å². The summed E-state index contributed by atoms with van der Waals surface area (Å²) in [6.07, 6.45) is 0. The lowest BCUT2D eigenvalue weighted by atomic mass is 10.2. The van der Waals surface area contributed by atoms with Crippen LogP contribution in [0.1, 0.15) is 20.8 Å². The molecule has 0 radical (unpaired) electrons. The van der Waals surface area contributed by atoms with Crippen molar-refractivity contribution in [1.82, 2.24) is 5.32 Å². The van der Waals surface area contributed by atoms with Crippen molar-refractivity contribution in [1.29, 1.82) is 0 Å². The fourth-order valence-electron chi connectivity index (χ4n) is 1.30. The monoisotopic (exact) mass is 366 g/mol. The van der Waals surface area contributed by atoms with Crippen LogP contribution < -0.4 is 11.1 Å². The first-order valence-electron chi connectivity index (χ1n) is 5.81. The molecule has 0 bridgehead atoms. The largest absolute Gasteiger partial charge is 0.351 e. The van der Waals surface area contributed by atoms with Gasteiger partial charge in [-0.15, -0.1) is 24.2 Å². The number of hydrogen-bond donors (Lipinski definition) is 2. The number of amides is 1. The van der Waals surface area contributed by atoms with E-state index >= 15 is 0 Å². The highest BCUT2D eigenvalue weighted by atomic mass is 79.9. The zero-order valence-electron chi connectivity index (χ0n) is 11.3. The fourth-order valence-corrected chi connectivity index (χ4v) is 2.58. The second-order valence-corrected chi connectivity index (χ2v) is 7.29. The van der Waals surface area contributed by atoms with Crippen LogP contribution in [0.15, 0.2) is 33.6 Å². The van der Waals surface area contributed by atoms with E-state index in [0.717, 1.165) is 9.37 Å². The van der Waals surface area contributed by atoms with Crippen molar-refractivity contribution in [2.24, 2.45) is 5.73 Å². The molecule has 0 aliphatic carbocycles. The molecule has 0 aliphatic rings.